The minimum Gasteiger partial charge on any atom is -0.493 e. The number of carbonyl (C=O) groups is 1. The molecular formula is C26H23ClN4O3. The molecular weight excluding hydrogens is 452 g/mol. The van der Waals surface area contributed by atoms with Crippen molar-refractivity contribution in [3.05, 3.63) is 90.1 Å². The highest BCUT2D eigenvalue weighted by Gasteiger charge is 2.10. The maximum Gasteiger partial charge on any atom is 0.255 e. The molecule has 0 aliphatic heterocycles. The number of methoxy groups -OCH3 is 2. The molecule has 0 saturated heterocycles. The van der Waals surface area contributed by atoms with E-state index in [1.54, 1.807) is 32.5 Å². The molecule has 0 atom stereocenters. The largest absolute Gasteiger partial charge is 0.493 e. The van der Waals surface area contributed by atoms with Crippen molar-refractivity contribution in [3.63, 3.8) is 0 Å². The number of halogens is 1. The first-order valence-corrected chi connectivity index (χ1v) is 11.0. The van der Waals surface area contributed by atoms with E-state index in [1.807, 2.05) is 60.7 Å². The summed E-state index contributed by atoms with van der Waals surface area (Å²) in [6, 6.07) is 21.9. The number of hydrogen-bond donors (Lipinski definition) is 2. The average Bonchev–Trinajstić information content (AvgIpc) is 2.88. The van der Waals surface area contributed by atoms with E-state index < -0.39 is 0 Å². The fraction of sp³-hybridized carbons (Fsp3) is 0.115. The molecule has 0 spiro atoms. The molecule has 0 bridgehead atoms. The third-order valence-corrected chi connectivity index (χ3v) is 5.39. The van der Waals surface area contributed by atoms with E-state index in [4.69, 9.17) is 21.1 Å². The Balaban J connectivity index is 1.49. The molecule has 0 unspecified atom stereocenters. The Labute approximate surface area is 202 Å². The molecule has 2 N–H and O–H groups in total. The molecule has 1 aromatic heterocycles. The summed E-state index contributed by atoms with van der Waals surface area (Å²) < 4.78 is 10.7. The first-order chi connectivity index (χ1) is 16.6. The summed E-state index contributed by atoms with van der Waals surface area (Å²) in [5.41, 5.74) is 4.48. The van der Waals surface area contributed by atoms with E-state index in [9.17, 15) is 4.79 Å². The number of nitrogens with one attached hydrogen (secondary N) is 2. The molecule has 0 aliphatic carbocycles. The molecule has 3 aromatic carbocycles. The summed E-state index contributed by atoms with van der Waals surface area (Å²) in [6.07, 6.45) is 1.68. The van der Waals surface area contributed by atoms with Crippen LogP contribution < -0.4 is 20.1 Å². The Morgan fingerprint density at radius 2 is 1.68 bits per heavy atom. The number of ether oxygens (including phenoxy) is 2. The van der Waals surface area contributed by atoms with Crippen molar-refractivity contribution in [2.24, 2.45) is 0 Å². The van der Waals surface area contributed by atoms with Gasteiger partial charge in [0.15, 0.2) is 11.5 Å². The Hall–Kier alpha value is -4.10. The van der Waals surface area contributed by atoms with Crippen molar-refractivity contribution in [1.82, 2.24) is 9.97 Å². The van der Waals surface area contributed by atoms with Gasteiger partial charge in [0.2, 0.25) is 5.95 Å². The third kappa shape index (κ3) is 5.44. The third-order valence-electron chi connectivity index (χ3n) is 5.08. The summed E-state index contributed by atoms with van der Waals surface area (Å²) >= 11 is 5.81. The highest BCUT2D eigenvalue weighted by atomic mass is 35.5. The Morgan fingerprint density at radius 1 is 0.912 bits per heavy atom. The molecule has 0 fully saturated rings. The topological polar surface area (TPSA) is 85.4 Å². The molecule has 172 valence electrons. The lowest BCUT2D eigenvalue weighted by Gasteiger charge is -2.11. The lowest BCUT2D eigenvalue weighted by molar-refractivity contribution is 0.102. The second-order valence-electron chi connectivity index (χ2n) is 7.33. The van der Waals surface area contributed by atoms with E-state index in [1.165, 1.54) is 0 Å². The summed E-state index contributed by atoms with van der Waals surface area (Å²) in [6.45, 7) is 0. The number of anilines is 3. The maximum atomic E-state index is 12.6. The fourth-order valence-electron chi connectivity index (χ4n) is 3.33. The van der Waals surface area contributed by atoms with Gasteiger partial charge in [-0.05, 0) is 60.2 Å². The van der Waals surface area contributed by atoms with E-state index >= 15 is 0 Å². The van der Waals surface area contributed by atoms with Gasteiger partial charge in [0.1, 0.15) is 0 Å². The standard InChI is InChI=1S/C26H23ClN4O3/c1-33-23-11-10-19(14-24(23)34-2)22-12-13-28-26(31-22)30-21-5-3-4-20(15-21)29-25(32)18-8-6-17(16-27)7-9-18/h3-15H,16H2,1-2H3,(H,29,32)(H,28,30,31). The summed E-state index contributed by atoms with van der Waals surface area (Å²) in [7, 11) is 3.19. The van der Waals surface area contributed by atoms with Crippen molar-refractivity contribution in [3.8, 4) is 22.8 Å². The maximum absolute atomic E-state index is 12.6. The van der Waals surface area contributed by atoms with E-state index in [-0.39, 0.29) is 5.91 Å². The second-order valence-corrected chi connectivity index (χ2v) is 7.59. The Morgan fingerprint density at radius 3 is 2.41 bits per heavy atom. The van der Waals surface area contributed by atoms with E-state index in [0.717, 1.165) is 22.5 Å². The zero-order valence-electron chi connectivity index (χ0n) is 18.7. The van der Waals surface area contributed by atoms with Crippen LogP contribution in [0.4, 0.5) is 17.3 Å². The highest BCUT2D eigenvalue weighted by molar-refractivity contribution is 6.17. The summed E-state index contributed by atoms with van der Waals surface area (Å²) in [4.78, 5) is 21.5. The number of alkyl halides is 1. The zero-order valence-corrected chi connectivity index (χ0v) is 19.5. The molecule has 4 aromatic rings. The number of rotatable bonds is 8. The van der Waals surface area contributed by atoms with Gasteiger partial charge >= 0.3 is 0 Å². The van der Waals surface area contributed by atoms with Gasteiger partial charge in [0.05, 0.1) is 19.9 Å². The van der Waals surface area contributed by atoms with Crippen LogP contribution in [0.1, 0.15) is 15.9 Å². The lowest BCUT2D eigenvalue weighted by Crippen LogP contribution is -2.12. The number of nitrogens with zero attached hydrogens (tertiary/aromatic N) is 2. The van der Waals surface area contributed by atoms with Gasteiger partial charge in [-0.3, -0.25) is 4.79 Å². The fourth-order valence-corrected chi connectivity index (χ4v) is 3.51. The van der Waals surface area contributed by atoms with Crippen LogP contribution in [0.15, 0.2) is 79.0 Å². The van der Waals surface area contributed by atoms with Gasteiger partial charge in [0.25, 0.3) is 5.91 Å². The predicted molar refractivity (Wildman–Crippen MR) is 134 cm³/mol. The van der Waals surface area contributed by atoms with Crippen molar-refractivity contribution in [2.45, 2.75) is 5.88 Å². The normalized spacial score (nSPS) is 10.4. The van der Waals surface area contributed by atoms with Gasteiger partial charge < -0.3 is 20.1 Å². The minimum atomic E-state index is -0.204. The molecule has 0 aliphatic rings. The lowest BCUT2D eigenvalue weighted by atomic mass is 10.1. The van der Waals surface area contributed by atoms with Crippen LogP contribution in [0.5, 0.6) is 11.5 Å². The molecule has 8 heteroatoms. The van der Waals surface area contributed by atoms with Crippen molar-refractivity contribution in [1.29, 1.82) is 0 Å². The minimum absolute atomic E-state index is 0.204. The van der Waals surface area contributed by atoms with E-state index in [0.29, 0.717) is 34.6 Å². The quantitative estimate of drug-likeness (QED) is 0.309. The summed E-state index contributed by atoms with van der Waals surface area (Å²) in [5.74, 6) is 1.89. The Kier molecular flexibility index (Phi) is 7.25. The van der Waals surface area contributed by atoms with Crippen LogP contribution in [0.3, 0.4) is 0 Å². The van der Waals surface area contributed by atoms with Crippen molar-refractivity contribution in [2.75, 3.05) is 24.9 Å². The number of hydrogen-bond acceptors (Lipinski definition) is 6. The molecule has 1 heterocycles. The van der Waals surface area contributed by atoms with Gasteiger partial charge in [-0.15, -0.1) is 11.6 Å². The van der Waals surface area contributed by atoms with Crippen LogP contribution >= 0.6 is 11.6 Å². The van der Waals surface area contributed by atoms with Crippen LogP contribution in [-0.2, 0) is 5.88 Å². The van der Waals surface area contributed by atoms with Crippen LogP contribution in [-0.4, -0.2) is 30.1 Å². The van der Waals surface area contributed by atoms with Crippen LogP contribution in [0.2, 0.25) is 0 Å². The summed E-state index contributed by atoms with van der Waals surface area (Å²) in [5, 5.41) is 6.09. The number of carbonyl (C=O) groups excluding carboxylic acids is 1. The van der Waals surface area contributed by atoms with Gasteiger partial charge in [0, 0.05) is 34.6 Å². The highest BCUT2D eigenvalue weighted by Crippen LogP contribution is 2.32. The molecule has 7 nitrogen and oxygen atoms in total. The van der Waals surface area contributed by atoms with Gasteiger partial charge in [-0.1, -0.05) is 18.2 Å². The van der Waals surface area contributed by atoms with Crippen LogP contribution in [0.25, 0.3) is 11.3 Å². The van der Waals surface area contributed by atoms with Crippen LogP contribution in [0, 0.1) is 0 Å². The number of amides is 1. The first kappa shape index (κ1) is 23.1. The second kappa shape index (κ2) is 10.7. The number of aromatic nitrogens is 2. The smallest absolute Gasteiger partial charge is 0.255 e. The number of benzene rings is 3. The van der Waals surface area contributed by atoms with Crippen molar-refractivity contribution >= 4 is 34.8 Å². The van der Waals surface area contributed by atoms with Gasteiger partial charge in [-0.25, -0.2) is 9.97 Å². The first-order valence-electron chi connectivity index (χ1n) is 10.5. The molecule has 0 saturated carbocycles. The zero-order chi connectivity index (χ0) is 23.9. The van der Waals surface area contributed by atoms with Crippen molar-refractivity contribution < 1.29 is 14.3 Å². The van der Waals surface area contributed by atoms with E-state index in [2.05, 4.69) is 20.6 Å². The molecule has 4 rings (SSSR count). The average molecular weight is 475 g/mol. The molecule has 1 amide bonds. The monoisotopic (exact) mass is 474 g/mol. The predicted octanol–water partition coefficient (Wildman–Crippen LogP) is 5.90. The Bertz CT molecular complexity index is 1300. The SMILES string of the molecule is COc1ccc(-c2ccnc(Nc3cccc(NC(=O)c4ccc(CCl)cc4)c3)n2)cc1OC. The molecule has 0 radical (unpaired) electrons. The molecule has 34 heavy (non-hydrogen) atoms. The van der Waals surface area contributed by atoms with Gasteiger partial charge in [-0.2, -0.15) is 0 Å².